The number of nitrogens with two attached hydrogens (primary N) is 1. The molecule has 0 aromatic carbocycles. The van der Waals surface area contributed by atoms with Gasteiger partial charge in [0, 0.05) is 6.42 Å². The number of aliphatic carboxylic acids is 1. The van der Waals surface area contributed by atoms with Crippen molar-refractivity contribution < 1.29 is 14.7 Å². The Morgan fingerprint density at radius 3 is 1.24 bits per heavy atom. The lowest BCUT2D eigenvalue weighted by molar-refractivity contribution is -0.142. The molecule has 1 atom stereocenters. The van der Waals surface area contributed by atoms with E-state index in [-0.39, 0.29) is 5.91 Å². The summed E-state index contributed by atoms with van der Waals surface area (Å²) < 4.78 is 0. The zero-order valence-electron chi connectivity index (χ0n) is 24.7. The van der Waals surface area contributed by atoms with Gasteiger partial charge in [0.1, 0.15) is 6.04 Å². The fourth-order valence-electron chi connectivity index (χ4n) is 5.09. The third kappa shape index (κ3) is 27.7. The van der Waals surface area contributed by atoms with Crippen molar-refractivity contribution in [3.05, 3.63) is 0 Å². The van der Waals surface area contributed by atoms with Crippen molar-refractivity contribution in [2.75, 3.05) is 6.54 Å². The van der Waals surface area contributed by atoms with Crippen LogP contribution in [0.15, 0.2) is 0 Å². The van der Waals surface area contributed by atoms with Gasteiger partial charge < -0.3 is 16.2 Å². The Labute approximate surface area is 230 Å². The van der Waals surface area contributed by atoms with Gasteiger partial charge in [-0.05, 0) is 32.2 Å². The van der Waals surface area contributed by atoms with Crippen LogP contribution in [0.3, 0.4) is 0 Å². The highest BCUT2D eigenvalue weighted by atomic mass is 16.4. The van der Waals surface area contributed by atoms with Crippen LogP contribution in [0.5, 0.6) is 0 Å². The lowest BCUT2D eigenvalue weighted by atomic mass is 10.0. The predicted molar refractivity (Wildman–Crippen MR) is 159 cm³/mol. The molecule has 0 unspecified atom stereocenters. The molecule has 0 aliphatic carbocycles. The number of unbranched alkanes of at least 4 members (excludes halogenated alkanes) is 23. The van der Waals surface area contributed by atoms with E-state index in [2.05, 4.69) is 12.2 Å². The van der Waals surface area contributed by atoms with Crippen molar-refractivity contribution in [1.29, 1.82) is 0 Å². The highest BCUT2D eigenvalue weighted by Crippen LogP contribution is 2.15. The van der Waals surface area contributed by atoms with Crippen molar-refractivity contribution in [1.82, 2.24) is 5.32 Å². The van der Waals surface area contributed by atoms with Gasteiger partial charge in [-0.3, -0.25) is 4.79 Å². The lowest BCUT2D eigenvalue weighted by Gasteiger charge is -2.14. The largest absolute Gasteiger partial charge is 0.480 e. The van der Waals surface area contributed by atoms with Gasteiger partial charge in [0.2, 0.25) is 5.91 Å². The molecule has 0 saturated carbocycles. The van der Waals surface area contributed by atoms with Crippen LogP contribution in [0.4, 0.5) is 0 Å². The van der Waals surface area contributed by atoms with Crippen LogP contribution >= 0.6 is 0 Å². The van der Waals surface area contributed by atoms with E-state index >= 15 is 0 Å². The number of carbonyl (C=O) groups excluding carboxylic acids is 1. The number of amides is 1. The number of hydrogen-bond donors (Lipinski definition) is 3. The molecule has 0 heterocycles. The second-order valence-corrected chi connectivity index (χ2v) is 11.3. The SMILES string of the molecule is CCCCCCCCCCCCCCCCCCCCCCCCCC(=O)N[C@@H](CCCCN)C(=O)O. The summed E-state index contributed by atoms with van der Waals surface area (Å²) in [5.41, 5.74) is 5.45. The molecular weight excluding hydrogens is 460 g/mol. The van der Waals surface area contributed by atoms with Crippen molar-refractivity contribution in [2.24, 2.45) is 5.73 Å². The minimum absolute atomic E-state index is 0.136. The van der Waals surface area contributed by atoms with Gasteiger partial charge in [0.15, 0.2) is 0 Å². The molecule has 0 bridgehead atoms. The first kappa shape index (κ1) is 35.9. The Kier molecular flexibility index (Phi) is 28.6. The molecular formula is C32H64N2O3. The van der Waals surface area contributed by atoms with Crippen LogP contribution in [0, 0.1) is 0 Å². The third-order valence-electron chi connectivity index (χ3n) is 7.59. The van der Waals surface area contributed by atoms with Gasteiger partial charge in [-0.15, -0.1) is 0 Å². The first-order valence-electron chi connectivity index (χ1n) is 16.3. The minimum atomic E-state index is -0.949. The molecule has 0 spiro atoms. The molecule has 0 aromatic heterocycles. The fourth-order valence-corrected chi connectivity index (χ4v) is 5.09. The molecule has 5 heteroatoms. The molecule has 37 heavy (non-hydrogen) atoms. The summed E-state index contributed by atoms with van der Waals surface area (Å²) in [6.07, 6.45) is 33.6. The Bertz CT molecular complexity index is 498. The first-order valence-corrected chi connectivity index (χ1v) is 16.3. The normalized spacial score (nSPS) is 12.1. The smallest absolute Gasteiger partial charge is 0.326 e. The molecule has 5 nitrogen and oxygen atoms in total. The van der Waals surface area contributed by atoms with E-state index in [0.29, 0.717) is 19.4 Å². The van der Waals surface area contributed by atoms with E-state index in [4.69, 9.17) is 5.73 Å². The van der Waals surface area contributed by atoms with Gasteiger partial charge >= 0.3 is 5.97 Å². The van der Waals surface area contributed by atoms with Crippen molar-refractivity contribution in [2.45, 2.75) is 186 Å². The standard InChI is InChI=1S/C32H64N2O3/c1-2-3-4-5-6-7-8-9-10-11-12-13-14-15-16-17-18-19-20-21-22-23-24-28-31(35)34-30(32(36)37)27-25-26-29-33/h30H,2-29,33H2,1H3,(H,34,35)(H,36,37)/t30-/m0/s1. The number of nitrogens with one attached hydrogen (secondary N) is 1. The summed E-state index contributed by atoms with van der Waals surface area (Å²) in [4.78, 5) is 23.3. The van der Waals surface area contributed by atoms with Crippen LogP contribution in [0.1, 0.15) is 180 Å². The second kappa shape index (κ2) is 29.5. The van der Waals surface area contributed by atoms with Gasteiger partial charge in [-0.1, -0.05) is 148 Å². The van der Waals surface area contributed by atoms with Crippen LogP contribution in [-0.4, -0.2) is 29.6 Å². The number of carboxylic acids is 1. The Hall–Kier alpha value is -1.10. The number of rotatable bonds is 30. The summed E-state index contributed by atoms with van der Waals surface area (Å²) in [7, 11) is 0. The highest BCUT2D eigenvalue weighted by Gasteiger charge is 2.18. The molecule has 4 N–H and O–H groups in total. The maximum atomic E-state index is 12.0. The van der Waals surface area contributed by atoms with E-state index in [9.17, 15) is 14.7 Å². The summed E-state index contributed by atoms with van der Waals surface area (Å²) in [5.74, 6) is -1.08. The summed E-state index contributed by atoms with van der Waals surface area (Å²) in [5, 5.41) is 11.9. The summed E-state index contributed by atoms with van der Waals surface area (Å²) in [6.45, 7) is 2.84. The molecule has 0 radical (unpaired) electrons. The Balaban J connectivity index is 3.29. The van der Waals surface area contributed by atoms with Crippen LogP contribution in [-0.2, 0) is 9.59 Å². The summed E-state index contributed by atoms with van der Waals surface area (Å²) >= 11 is 0. The Morgan fingerprint density at radius 2 is 0.919 bits per heavy atom. The van der Waals surface area contributed by atoms with E-state index < -0.39 is 12.0 Å². The van der Waals surface area contributed by atoms with Crippen molar-refractivity contribution >= 4 is 11.9 Å². The maximum Gasteiger partial charge on any atom is 0.326 e. The average molecular weight is 525 g/mol. The lowest BCUT2D eigenvalue weighted by Crippen LogP contribution is -2.40. The monoisotopic (exact) mass is 524 g/mol. The molecule has 0 aromatic rings. The molecule has 220 valence electrons. The topological polar surface area (TPSA) is 92.4 Å². The van der Waals surface area contributed by atoms with Crippen LogP contribution < -0.4 is 11.1 Å². The zero-order valence-corrected chi connectivity index (χ0v) is 24.7. The molecule has 0 aliphatic heterocycles. The first-order chi connectivity index (χ1) is 18.1. The number of carbonyl (C=O) groups is 2. The van der Waals surface area contributed by atoms with Crippen molar-refractivity contribution in [3.63, 3.8) is 0 Å². The van der Waals surface area contributed by atoms with Crippen LogP contribution in [0.25, 0.3) is 0 Å². The quantitative estimate of drug-likeness (QED) is 0.0817. The molecule has 0 fully saturated rings. The second-order valence-electron chi connectivity index (χ2n) is 11.3. The zero-order chi connectivity index (χ0) is 27.2. The van der Waals surface area contributed by atoms with Gasteiger partial charge in [-0.25, -0.2) is 4.79 Å². The highest BCUT2D eigenvalue weighted by molar-refractivity contribution is 5.83. The molecule has 1 amide bonds. The van der Waals surface area contributed by atoms with E-state index in [1.54, 1.807) is 0 Å². The third-order valence-corrected chi connectivity index (χ3v) is 7.59. The number of carboxylic acid groups (broad SMARTS) is 1. The van der Waals surface area contributed by atoms with Crippen LogP contribution in [0.2, 0.25) is 0 Å². The van der Waals surface area contributed by atoms with E-state index in [1.165, 1.54) is 135 Å². The average Bonchev–Trinajstić information content (AvgIpc) is 2.88. The van der Waals surface area contributed by atoms with Gasteiger partial charge in [-0.2, -0.15) is 0 Å². The minimum Gasteiger partial charge on any atom is -0.480 e. The van der Waals surface area contributed by atoms with E-state index in [1.807, 2.05) is 0 Å². The van der Waals surface area contributed by atoms with Crippen molar-refractivity contribution in [3.8, 4) is 0 Å². The maximum absolute atomic E-state index is 12.0. The molecule has 0 aliphatic rings. The van der Waals surface area contributed by atoms with Gasteiger partial charge in [0.25, 0.3) is 0 Å². The number of hydrogen-bond acceptors (Lipinski definition) is 3. The molecule has 0 rings (SSSR count). The predicted octanol–water partition coefficient (Wildman–Crippen LogP) is 9.07. The van der Waals surface area contributed by atoms with E-state index in [0.717, 1.165) is 25.7 Å². The Morgan fingerprint density at radius 1 is 0.568 bits per heavy atom. The fraction of sp³-hybridized carbons (Fsp3) is 0.938. The van der Waals surface area contributed by atoms with Gasteiger partial charge in [0.05, 0.1) is 0 Å². The summed E-state index contributed by atoms with van der Waals surface area (Å²) in [6, 6.07) is -0.774. The molecule has 0 saturated heterocycles.